The summed E-state index contributed by atoms with van der Waals surface area (Å²) in [7, 11) is 4.80. The molecule has 0 atom stereocenters. The number of amides is 1. The van der Waals surface area contributed by atoms with Gasteiger partial charge in [0, 0.05) is 25.2 Å². The van der Waals surface area contributed by atoms with E-state index >= 15 is 0 Å². The number of halogens is 2. The Morgan fingerprint density at radius 2 is 1.91 bits per heavy atom. The first-order chi connectivity index (χ1) is 11.0. The van der Waals surface area contributed by atoms with Crippen LogP contribution < -0.4 is 9.47 Å². The second-order valence-corrected chi connectivity index (χ2v) is 5.60. The van der Waals surface area contributed by atoms with Gasteiger partial charge in [-0.3, -0.25) is 4.79 Å². The van der Waals surface area contributed by atoms with Gasteiger partial charge in [-0.15, -0.1) is 0 Å². The van der Waals surface area contributed by atoms with Crippen LogP contribution in [0, 0.1) is 0 Å². The van der Waals surface area contributed by atoms with Crippen LogP contribution >= 0.6 is 23.2 Å². The summed E-state index contributed by atoms with van der Waals surface area (Å²) in [6, 6.07) is 8.49. The standard InChI is InChI=1S/C16H16Cl2N2O3/c1-20(16(21)15-12(17)6-7-14(18)19-15)9-10-4-5-11(22-2)8-13(10)23-3/h4-8H,9H2,1-3H3. The molecule has 0 fully saturated rings. The maximum atomic E-state index is 12.5. The molecule has 0 aliphatic carbocycles. The third-order valence-corrected chi connectivity index (χ3v) is 3.78. The van der Waals surface area contributed by atoms with Gasteiger partial charge in [0.15, 0.2) is 0 Å². The predicted octanol–water partition coefficient (Wildman–Crippen LogP) is 3.68. The van der Waals surface area contributed by atoms with Gasteiger partial charge in [0.2, 0.25) is 0 Å². The summed E-state index contributed by atoms with van der Waals surface area (Å²) >= 11 is 11.9. The number of carbonyl (C=O) groups is 1. The predicted molar refractivity (Wildman–Crippen MR) is 89.6 cm³/mol. The van der Waals surface area contributed by atoms with Crippen molar-refractivity contribution in [3.8, 4) is 11.5 Å². The number of aromatic nitrogens is 1. The third kappa shape index (κ3) is 4.06. The molecule has 7 heteroatoms. The fraction of sp³-hybridized carbons (Fsp3) is 0.250. The number of methoxy groups -OCH3 is 2. The smallest absolute Gasteiger partial charge is 0.274 e. The van der Waals surface area contributed by atoms with Gasteiger partial charge in [0.25, 0.3) is 5.91 Å². The first kappa shape index (κ1) is 17.4. The minimum atomic E-state index is -0.324. The Morgan fingerprint density at radius 1 is 1.17 bits per heavy atom. The van der Waals surface area contributed by atoms with Crippen LogP contribution in [0.4, 0.5) is 0 Å². The largest absolute Gasteiger partial charge is 0.497 e. The van der Waals surface area contributed by atoms with E-state index in [-0.39, 0.29) is 21.8 Å². The molecule has 2 aromatic rings. The molecular formula is C16H16Cl2N2O3. The summed E-state index contributed by atoms with van der Waals surface area (Å²) in [6.45, 7) is 0.330. The lowest BCUT2D eigenvalue weighted by Gasteiger charge is -2.19. The molecule has 0 saturated carbocycles. The molecule has 0 spiro atoms. The molecule has 122 valence electrons. The molecule has 1 amide bonds. The quantitative estimate of drug-likeness (QED) is 0.768. The Labute approximate surface area is 144 Å². The number of benzene rings is 1. The van der Waals surface area contributed by atoms with E-state index in [4.69, 9.17) is 32.7 Å². The van der Waals surface area contributed by atoms with E-state index in [0.29, 0.717) is 18.0 Å². The monoisotopic (exact) mass is 354 g/mol. The number of pyridine rings is 1. The Hall–Kier alpha value is -1.98. The average molecular weight is 355 g/mol. The normalized spacial score (nSPS) is 10.3. The molecule has 0 unspecified atom stereocenters. The van der Waals surface area contributed by atoms with Crippen molar-refractivity contribution in [2.24, 2.45) is 0 Å². The van der Waals surface area contributed by atoms with Crippen molar-refractivity contribution in [2.45, 2.75) is 6.54 Å². The summed E-state index contributed by atoms with van der Waals surface area (Å²) in [5, 5.41) is 0.473. The minimum absolute atomic E-state index is 0.120. The van der Waals surface area contributed by atoms with Crippen LogP contribution in [0.2, 0.25) is 10.2 Å². The third-order valence-electron chi connectivity index (χ3n) is 3.26. The van der Waals surface area contributed by atoms with E-state index in [2.05, 4.69) is 4.98 Å². The van der Waals surface area contributed by atoms with Gasteiger partial charge in [-0.2, -0.15) is 0 Å². The van der Waals surface area contributed by atoms with Gasteiger partial charge in [-0.1, -0.05) is 23.2 Å². The molecule has 0 radical (unpaired) electrons. The number of hydrogen-bond acceptors (Lipinski definition) is 4. The fourth-order valence-electron chi connectivity index (χ4n) is 2.06. The lowest BCUT2D eigenvalue weighted by atomic mass is 10.1. The second-order valence-electron chi connectivity index (χ2n) is 4.80. The Kier molecular flexibility index (Phi) is 5.69. The van der Waals surface area contributed by atoms with Gasteiger partial charge in [0.05, 0.1) is 19.2 Å². The highest BCUT2D eigenvalue weighted by molar-refractivity contribution is 6.34. The molecular weight excluding hydrogens is 339 g/mol. The highest BCUT2D eigenvalue weighted by Gasteiger charge is 2.19. The highest BCUT2D eigenvalue weighted by Crippen LogP contribution is 2.26. The van der Waals surface area contributed by atoms with Crippen LogP contribution in [0.25, 0.3) is 0 Å². The fourth-order valence-corrected chi connectivity index (χ4v) is 2.39. The molecule has 2 rings (SSSR count). The maximum absolute atomic E-state index is 12.5. The highest BCUT2D eigenvalue weighted by atomic mass is 35.5. The van der Waals surface area contributed by atoms with Gasteiger partial charge in [-0.25, -0.2) is 4.98 Å². The van der Waals surface area contributed by atoms with E-state index in [0.717, 1.165) is 5.56 Å². The SMILES string of the molecule is COc1ccc(CN(C)C(=O)c2nc(Cl)ccc2Cl)c(OC)c1. The van der Waals surface area contributed by atoms with Crippen LogP contribution in [0.1, 0.15) is 16.1 Å². The Morgan fingerprint density at radius 3 is 2.57 bits per heavy atom. The molecule has 23 heavy (non-hydrogen) atoms. The summed E-state index contributed by atoms with van der Waals surface area (Å²) in [4.78, 5) is 18.0. The maximum Gasteiger partial charge on any atom is 0.274 e. The minimum Gasteiger partial charge on any atom is -0.497 e. The van der Waals surface area contributed by atoms with Crippen molar-refractivity contribution < 1.29 is 14.3 Å². The Balaban J connectivity index is 2.23. The average Bonchev–Trinajstić information content (AvgIpc) is 2.56. The van der Waals surface area contributed by atoms with E-state index in [9.17, 15) is 4.79 Å². The van der Waals surface area contributed by atoms with Crippen molar-refractivity contribution >= 4 is 29.1 Å². The van der Waals surface area contributed by atoms with E-state index in [1.807, 2.05) is 6.07 Å². The number of rotatable bonds is 5. The zero-order valence-corrected chi connectivity index (χ0v) is 14.5. The molecule has 5 nitrogen and oxygen atoms in total. The summed E-state index contributed by atoms with van der Waals surface area (Å²) in [5.41, 5.74) is 0.955. The summed E-state index contributed by atoms with van der Waals surface area (Å²) in [6.07, 6.45) is 0. The number of hydrogen-bond donors (Lipinski definition) is 0. The summed E-state index contributed by atoms with van der Waals surface area (Å²) < 4.78 is 10.5. The van der Waals surface area contributed by atoms with E-state index in [1.54, 1.807) is 39.5 Å². The van der Waals surface area contributed by atoms with Crippen LogP contribution in [-0.4, -0.2) is 37.1 Å². The molecule has 0 aliphatic heterocycles. The molecule has 0 saturated heterocycles. The lowest BCUT2D eigenvalue weighted by Crippen LogP contribution is -2.27. The van der Waals surface area contributed by atoms with E-state index in [1.165, 1.54) is 11.0 Å². The van der Waals surface area contributed by atoms with Crippen molar-refractivity contribution in [3.63, 3.8) is 0 Å². The van der Waals surface area contributed by atoms with Crippen molar-refractivity contribution in [1.29, 1.82) is 0 Å². The number of carbonyl (C=O) groups excluding carboxylic acids is 1. The van der Waals surface area contributed by atoms with E-state index < -0.39 is 0 Å². The topological polar surface area (TPSA) is 51.7 Å². The lowest BCUT2D eigenvalue weighted by molar-refractivity contribution is 0.0778. The first-order valence-corrected chi connectivity index (χ1v) is 7.50. The zero-order chi connectivity index (χ0) is 17.0. The second kappa shape index (κ2) is 7.53. The van der Waals surface area contributed by atoms with Crippen LogP contribution in [-0.2, 0) is 6.54 Å². The number of ether oxygens (including phenoxy) is 2. The number of nitrogens with zero attached hydrogens (tertiary/aromatic N) is 2. The van der Waals surface area contributed by atoms with Gasteiger partial charge < -0.3 is 14.4 Å². The molecule has 1 heterocycles. The van der Waals surface area contributed by atoms with Crippen LogP contribution in [0.15, 0.2) is 30.3 Å². The van der Waals surface area contributed by atoms with Crippen LogP contribution in [0.3, 0.4) is 0 Å². The summed E-state index contributed by atoms with van der Waals surface area (Å²) in [5.74, 6) is 0.989. The first-order valence-electron chi connectivity index (χ1n) is 6.74. The molecule has 0 aliphatic rings. The molecule has 1 aromatic carbocycles. The van der Waals surface area contributed by atoms with Crippen LogP contribution in [0.5, 0.6) is 11.5 Å². The zero-order valence-electron chi connectivity index (χ0n) is 13.0. The molecule has 0 N–H and O–H groups in total. The Bertz CT molecular complexity index is 722. The van der Waals surface area contributed by atoms with Crippen molar-refractivity contribution in [3.05, 3.63) is 51.8 Å². The van der Waals surface area contributed by atoms with Gasteiger partial charge in [-0.05, 0) is 24.3 Å². The van der Waals surface area contributed by atoms with Crippen molar-refractivity contribution in [1.82, 2.24) is 9.88 Å². The van der Waals surface area contributed by atoms with Gasteiger partial charge in [0.1, 0.15) is 22.3 Å². The van der Waals surface area contributed by atoms with Gasteiger partial charge >= 0.3 is 0 Å². The molecule has 1 aromatic heterocycles. The van der Waals surface area contributed by atoms with Crippen molar-refractivity contribution in [2.75, 3.05) is 21.3 Å². The molecule has 0 bridgehead atoms.